The molecule has 0 aromatic rings. The Hall–Kier alpha value is -1.53. The Morgan fingerprint density at radius 2 is 1.94 bits per heavy atom. The predicted molar refractivity (Wildman–Crippen MR) is 47.6 cm³/mol. The third kappa shape index (κ3) is 6.86. The van der Waals surface area contributed by atoms with Crippen LogP contribution in [0.15, 0.2) is 11.6 Å². The number of ether oxygens (including phenoxy) is 1. The topological polar surface area (TPSA) is 63.6 Å². The van der Waals surface area contributed by atoms with Crippen molar-refractivity contribution in [3.63, 3.8) is 0 Å². The minimum absolute atomic E-state index is 0.0293. The van der Waals surface area contributed by atoms with E-state index in [2.05, 4.69) is 4.74 Å². The number of aliphatic carboxylic acids is 1. The largest absolute Gasteiger partial charge is 0.478 e. The SMILES string of the molecule is CCOC(=O)/C=C(/CCC(F)(F)F)C(=O)O. The van der Waals surface area contributed by atoms with Crippen LogP contribution >= 0.6 is 0 Å². The van der Waals surface area contributed by atoms with Gasteiger partial charge in [-0.05, 0) is 13.3 Å². The molecule has 7 heteroatoms. The summed E-state index contributed by atoms with van der Waals surface area (Å²) in [7, 11) is 0. The molecule has 0 spiro atoms. The zero-order chi connectivity index (χ0) is 12.8. The van der Waals surface area contributed by atoms with Crippen molar-refractivity contribution in [2.75, 3.05) is 6.61 Å². The van der Waals surface area contributed by atoms with E-state index in [4.69, 9.17) is 5.11 Å². The Balaban J connectivity index is 4.51. The number of esters is 1. The van der Waals surface area contributed by atoms with E-state index in [1.807, 2.05) is 0 Å². The highest BCUT2D eigenvalue weighted by atomic mass is 19.4. The third-order valence-corrected chi connectivity index (χ3v) is 1.53. The molecule has 0 unspecified atom stereocenters. The van der Waals surface area contributed by atoms with Crippen molar-refractivity contribution in [3.05, 3.63) is 11.6 Å². The Bertz CT molecular complexity index is 294. The quantitative estimate of drug-likeness (QED) is 0.588. The van der Waals surface area contributed by atoms with Gasteiger partial charge in [0.15, 0.2) is 0 Å². The number of carbonyl (C=O) groups excluding carboxylic acids is 1. The maximum absolute atomic E-state index is 11.8. The fourth-order valence-electron chi connectivity index (χ4n) is 0.843. The Morgan fingerprint density at radius 1 is 1.38 bits per heavy atom. The average Bonchev–Trinajstić information content (AvgIpc) is 2.10. The molecule has 0 aromatic heterocycles. The van der Waals surface area contributed by atoms with Gasteiger partial charge in [0, 0.05) is 18.1 Å². The molecule has 0 aliphatic heterocycles. The number of hydrogen-bond acceptors (Lipinski definition) is 3. The summed E-state index contributed by atoms with van der Waals surface area (Å²) in [4.78, 5) is 21.4. The zero-order valence-electron chi connectivity index (χ0n) is 8.50. The lowest BCUT2D eigenvalue weighted by Gasteiger charge is -2.06. The van der Waals surface area contributed by atoms with Crippen LogP contribution in [0.5, 0.6) is 0 Å². The summed E-state index contributed by atoms with van der Waals surface area (Å²) in [6.07, 6.45) is -5.93. The van der Waals surface area contributed by atoms with E-state index in [9.17, 15) is 22.8 Å². The van der Waals surface area contributed by atoms with Gasteiger partial charge in [-0.2, -0.15) is 13.2 Å². The van der Waals surface area contributed by atoms with Crippen LogP contribution in [0.1, 0.15) is 19.8 Å². The molecule has 4 nitrogen and oxygen atoms in total. The first-order chi connectivity index (χ1) is 7.26. The van der Waals surface area contributed by atoms with Gasteiger partial charge in [0.25, 0.3) is 0 Å². The van der Waals surface area contributed by atoms with Crippen LogP contribution in [-0.4, -0.2) is 29.8 Å². The van der Waals surface area contributed by atoms with Crippen molar-refractivity contribution in [1.82, 2.24) is 0 Å². The summed E-state index contributed by atoms with van der Waals surface area (Å²) in [5.41, 5.74) is -0.615. The molecule has 0 aliphatic carbocycles. The number of carbonyl (C=O) groups is 2. The molecule has 0 radical (unpaired) electrons. The fraction of sp³-hybridized carbons (Fsp3) is 0.556. The maximum atomic E-state index is 11.8. The Kier molecular flexibility index (Phi) is 5.55. The van der Waals surface area contributed by atoms with Crippen LogP contribution in [0, 0.1) is 0 Å². The molecule has 0 aliphatic rings. The van der Waals surface area contributed by atoms with Gasteiger partial charge in [-0.15, -0.1) is 0 Å². The van der Waals surface area contributed by atoms with Crippen LogP contribution in [0.25, 0.3) is 0 Å². The van der Waals surface area contributed by atoms with E-state index in [1.165, 1.54) is 6.92 Å². The van der Waals surface area contributed by atoms with Crippen LogP contribution in [0.4, 0.5) is 13.2 Å². The minimum atomic E-state index is -4.46. The number of hydrogen-bond donors (Lipinski definition) is 1. The van der Waals surface area contributed by atoms with Gasteiger partial charge in [0.2, 0.25) is 0 Å². The van der Waals surface area contributed by atoms with Crippen molar-refractivity contribution >= 4 is 11.9 Å². The molecular formula is C9H11F3O4. The van der Waals surface area contributed by atoms with E-state index in [1.54, 1.807) is 0 Å². The van der Waals surface area contributed by atoms with E-state index >= 15 is 0 Å². The molecular weight excluding hydrogens is 229 g/mol. The van der Waals surface area contributed by atoms with Gasteiger partial charge in [0.05, 0.1) is 6.61 Å². The van der Waals surface area contributed by atoms with E-state index in [0.717, 1.165) is 0 Å². The highest BCUT2D eigenvalue weighted by Gasteiger charge is 2.28. The fourth-order valence-corrected chi connectivity index (χ4v) is 0.843. The molecule has 1 N–H and O–H groups in total. The summed E-state index contributed by atoms with van der Waals surface area (Å²) < 4.78 is 39.9. The molecule has 0 fully saturated rings. The van der Waals surface area contributed by atoms with E-state index in [0.29, 0.717) is 6.08 Å². The lowest BCUT2D eigenvalue weighted by atomic mass is 10.1. The second kappa shape index (κ2) is 6.14. The number of rotatable bonds is 5. The first-order valence-corrected chi connectivity index (χ1v) is 4.43. The van der Waals surface area contributed by atoms with E-state index in [-0.39, 0.29) is 6.61 Å². The smallest absolute Gasteiger partial charge is 0.389 e. The van der Waals surface area contributed by atoms with Gasteiger partial charge in [-0.1, -0.05) is 0 Å². The predicted octanol–water partition coefficient (Wildman–Crippen LogP) is 1.90. The molecule has 0 saturated carbocycles. The monoisotopic (exact) mass is 240 g/mol. The van der Waals surface area contributed by atoms with Crippen molar-refractivity contribution in [1.29, 1.82) is 0 Å². The van der Waals surface area contributed by atoms with Crippen LogP contribution in [0.3, 0.4) is 0 Å². The number of halogens is 3. The molecule has 0 atom stereocenters. The van der Waals surface area contributed by atoms with Gasteiger partial charge in [-0.25, -0.2) is 9.59 Å². The summed E-state index contributed by atoms with van der Waals surface area (Å²) in [6, 6.07) is 0. The number of carboxylic acid groups (broad SMARTS) is 1. The highest BCUT2D eigenvalue weighted by molar-refractivity contribution is 5.95. The van der Waals surface area contributed by atoms with Crippen molar-refractivity contribution in [3.8, 4) is 0 Å². The molecule has 0 aromatic carbocycles. The second-order valence-electron chi connectivity index (χ2n) is 2.84. The van der Waals surface area contributed by atoms with Crippen LogP contribution in [0.2, 0.25) is 0 Å². The van der Waals surface area contributed by atoms with Crippen LogP contribution in [-0.2, 0) is 14.3 Å². The highest BCUT2D eigenvalue weighted by Crippen LogP contribution is 2.23. The summed E-state index contributed by atoms with van der Waals surface area (Å²) in [5.74, 6) is -2.51. The van der Waals surface area contributed by atoms with Crippen molar-refractivity contribution in [2.24, 2.45) is 0 Å². The standard InChI is InChI=1S/C9H11F3O4/c1-2-16-7(13)5-6(8(14)15)3-4-9(10,11)12/h5H,2-4H2,1H3,(H,14,15)/b6-5-. The Labute approximate surface area is 89.7 Å². The lowest BCUT2D eigenvalue weighted by molar-refractivity contribution is -0.141. The molecule has 0 bridgehead atoms. The number of carboxylic acids is 1. The lowest BCUT2D eigenvalue weighted by Crippen LogP contribution is -2.12. The van der Waals surface area contributed by atoms with Crippen LogP contribution < -0.4 is 0 Å². The molecule has 0 saturated heterocycles. The summed E-state index contributed by atoms with van der Waals surface area (Å²) in [5, 5.41) is 8.54. The second-order valence-corrected chi connectivity index (χ2v) is 2.84. The van der Waals surface area contributed by atoms with Gasteiger partial charge >= 0.3 is 18.1 Å². The Morgan fingerprint density at radius 3 is 2.31 bits per heavy atom. The van der Waals surface area contributed by atoms with Gasteiger partial charge in [-0.3, -0.25) is 0 Å². The zero-order valence-corrected chi connectivity index (χ0v) is 8.50. The molecule has 0 amide bonds. The third-order valence-electron chi connectivity index (χ3n) is 1.53. The molecule has 0 heterocycles. The van der Waals surface area contributed by atoms with Gasteiger partial charge in [0.1, 0.15) is 0 Å². The molecule has 0 rings (SSSR count). The molecule has 92 valence electrons. The summed E-state index contributed by atoms with van der Waals surface area (Å²) in [6.45, 7) is 1.53. The number of alkyl halides is 3. The van der Waals surface area contributed by atoms with Crippen molar-refractivity contribution in [2.45, 2.75) is 25.9 Å². The van der Waals surface area contributed by atoms with Crippen molar-refractivity contribution < 1.29 is 32.6 Å². The summed E-state index contributed by atoms with van der Waals surface area (Å²) >= 11 is 0. The minimum Gasteiger partial charge on any atom is -0.478 e. The molecule has 16 heavy (non-hydrogen) atoms. The first-order valence-electron chi connectivity index (χ1n) is 4.43. The maximum Gasteiger partial charge on any atom is 0.389 e. The van der Waals surface area contributed by atoms with Gasteiger partial charge < -0.3 is 9.84 Å². The normalized spacial score (nSPS) is 12.4. The average molecular weight is 240 g/mol. The van der Waals surface area contributed by atoms with E-state index < -0.39 is 36.5 Å². The first kappa shape index (κ1) is 14.5.